The van der Waals surface area contributed by atoms with Crippen molar-refractivity contribution in [2.24, 2.45) is 0 Å². The third kappa shape index (κ3) is 4.84. The third-order valence-electron chi connectivity index (χ3n) is 5.73. The van der Waals surface area contributed by atoms with Gasteiger partial charge in [0.25, 0.3) is 5.91 Å². The van der Waals surface area contributed by atoms with E-state index in [2.05, 4.69) is 31.0 Å². The molecule has 1 N–H and O–H groups in total. The van der Waals surface area contributed by atoms with E-state index in [9.17, 15) is 13.6 Å². The van der Waals surface area contributed by atoms with Gasteiger partial charge in [-0.25, -0.2) is 13.8 Å². The number of anilines is 2. The van der Waals surface area contributed by atoms with E-state index in [4.69, 9.17) is 10.1 Å². The van der Waals surface area contributed by atoms with Crippen LogP contribution in [-0.2, 0) is 0 Å². The van der Waals surface area contributed by atoms with E-state index >= 15 is 0 Å². The van der Waals surface area contributed by atoms with Crippen LogP contribution in [0, 0.1) is 11.6 Å². The Bertz CT molecular complexity index is 1350. The van der Waals surface area contributed by atoms with Gasteiger partial charge >= 0.3 is 0 Å². The lowest BCUT2D eigenvalue weighted by molar-refractivity contribution is 0.0746. The van der Waals surface area contributed by atoms with Gasteiger partial charge in [-0.1, -0.05) is 11.3 Å². The zero-order chi connectivity index (χ0) is 24.7. The van der Waals surface area contributed by atoms with Gasteiger partial charge < -0.3 is 15.1 Å². The summed E-state index contributed by atoms with van der Waals surface area (Å²) in [5.41, 5.74) is 1.78. The Kier molecular flexibility index (Phi) is 5.92. The van der Waals surface area contributed by atoms with Crippen LogP contribution >= 0.6 is 11.3 Å². The lowest BCUT2D eigenvalue weighted by Gasteiger charge is -2.34. The summed E-state index contributed by atoms with van der Waals surface area (Å²) in [4.78, 5) is 22.2. The number of hydrogen-bond acceptors (Lipinski definition) is 6. The van der Waals surface area contributed by atoms with Crippen molar-refractivity contribution in [3.05, 3.63) is 65.7 Å². The van der Waals surface area contributed by atoms with Crippen LogP contribution in [-0.4, -0.2) is 57.1 Å². The number of carbonyl (C=O) groups excluding carboxylic acids is 1. The highest BCUT2D eigenvalue weighted by Gasteiger charge is 2.27. The molecule has 1 saturated heterocycles. The number of aromatic nitrogens is 3. The number of carbonyl (C=O) groups is 1. The average molecular weight is 497 g/mol. The molecule has 1 amide bonds. The van der Waals surface area contributed by atoms with Gasteiger partial charge in [-0.05, 0) is 69.3 Å². The molecule has 0 bridgehead atoms. The first-order chi connectivity index (χ1) is 16.7. The van der Waals surface area contributed by atoms with Gasteiger partial charge in [0.1, 0.15) is 17.3 Å². The first-order valence-corrected chi connectivity index (χ1v) is 12.2. The molecule has 182 valence electrons. The molecule has 2 aromatic heterocycles. The highest BCUT2D eigenvalue weighted by atomic mass is 32.1. The first kappa shape index (κ1) is 23.2. The van der Waals surface area contributed by atoms with E-state index in [0.29, 0.717) is 31.7 Å². The van der Waals surface area contributed by atoms with E-state index in [1.807, 2.05) is 0 Å². The lowest BCUT2D eigenvalue weighted by atomic mass is 10.1. The molecular weight excluding hydrogens is 470 g/mol. The molecule has 10 heteroatoms. The zero-order valence-electron chi connectivity index (χ0n) is 19.8. The molecule has 35 heavy (non-hydrogen) atoms. The zero-order valence-corrected chi connectivity index (χ0v) is 20.6. The predicted octanol–water partition coefficient (Wildman–Crippen LogP) is 4.91. The molecule has 0 aliphatic carbocycles. The van der Waals surface area contributed by atoms with Crippen molar-refractivity contribution in [2.45, 2.75) is 26.3 Å². The van der Waals surface area contributed by atoms with Crippen LogP contribution in [0.4, 0.5) is 19.7 Å². The number of nitrogens with zero attached hydrogens (tertiary/aromatic N) is 5. The second kappa shape index (κ2) is 8.92. The molecule has 0 spiro atoms. The molecule has 1 aliphatic rings. The van der Waals surface area contributed by atoms with Crippen molar-refractivity contribution in [2.75, 3.05) is 36.4 Å². The Labute approximate surface area is 206 Å². The number of rotatable bonds is 4. The quantitative estimate of drug-likeness (QED) is 0.435. The lowest BCUT2D eigenvalue weighted by Crippen LogP contribution is -2.48. The van der Waals surface area contributed by atoms with E-state index in [1.165, 1.54) is 47.7 Å². The Hall–Kier alpha value is -3.53. The minimum Gasteiger partial charge on any atom is -0.364 e. The summed E-state index contributed by atoms with van der Waals surface area (Å²) in [5.74, 6) is 0.00606. The average Bonchev–Trinajstić information content (AvgIpc) is 3.38. The molecule has 0 unspecified atom stereocenters. The number of hydrogen-bond donors (Lipinski definition) is 1. The van der Waals surface area contributed by atoms with Crippen LogP contribution in [0.15, 0.2) is 48.5 Å². The van der Waals surface area contributed by atoms with Crippen molar-refractivity contribution >= 4 is 33.2 Å². The second-order valence-electron chi connectivity index (χ2n) is 9.56. The SMILES string of the molecule is CC(C)(C)Nc1c(-c2ccc(F)cc2)nc2sc(N3CCN(C(=O)c4ccc(F)cc4)CC3)nn12. The van der Waals surface area contributed by atoms with Crippen LogP contribution in [0.25, 0.3) is 16.2 Å². The van der Waals surface area contributed by atoms with Gasteiger partial charge in [0.05, 0.1) is 0 Å². The highest BCUT2D eigenvalue weighted by molar-refractivity contribution is 7.20. The number of benzene rings is 2. The topological polar surface area (TPSA) is 65.8 Å². The van der Waals surface area contributed by atoms with Gasteiger partial charge in [-0.2, -0.15) is 4.52 Å². The molecule has 2 aromatic carbocycles. The maximum atomic E-state index is 13.5. The number of piperazine rings is 1. The molecule has 3 heterocycles. The molecule has 0 radical (unpaired) electrons. The van der Waals surface area contributed by atoms with Crippen LogP contribution < -0.4 is 10.2 Å². The monoisotopic (exact) mass is 496 g/mol. The maximum absolute atomic E-state index is 13.5. The minimum absolute atomic E-state index is 0.0980. The number of nitrogens with one attached hydrogen (secondary N) is 1. The van der Waals surface area contributed by atoms with Crippen molar-refractivity contribution in [3.63, 3.8) is 0 Å². The second-order valence-corrected chi connectivity index (χ2v) is 10.5. The highest BCUT2D eigenvalue weighted by Crippen LogP contribution is 2.35. The smallest absolute Gasteiger partial charge is 0.253 e. The number of amides is 1. The normalized spacial score (nSPS) is 14.5. The van der Waals surface area contributed by atoms with Crippen LogP contribution in [0.1, 0.15) is 31.1 Å². The van der Waals surface area contributed by atoms with Crippen molar-refractivity contribution in [1.29, 1.82) is 0 Å². The molecule has 4 aromatic rings. The molecular formula is C25H26F2N6OS. The Morgan fingerprint density at radius 1 is 0.943 bits per heavy atom. The summed E-state index contributed by atoms with van der Waals surface area (Å²) in [5, 5.41) is 9.16. The summed E-state index contributed by atoms with van der Waals surface area (Å²) < 4.78 is 28.5. The summed E-state index contributed by atoms with van der Waals surface area (Å²) in [6.45, 7) is 8.55. The summed E-state index contributed by atoms with van der Waals surface area (Å²) in [7, 11) is 0. The van der Waals surface area contributed by atoms with Crippen molar-refractivity contribution in [3.8, 4) is 11.3 Å². The van der Waals surface area contributed by atoms with Crippen LogP contribution in [0.3, 0.4) is 0 Å². The minimum atomic E-state index is -0.358. The molecule has 1 aliphatic heterocycles. The van der Waals surface area contributed by atoms with Crippen molar-refractivity contribution < 1.29 is 13.6 Å². The number of fused-ring (bicyclic) bond motifs is 1. The van der Waals surface area contributed by atoms with Gasteiger partial charge in [-0.3, -0.25) is 4.79 Å². The number of imidazole rings is 1. The van der Waals surface area contributed by atoms with Gasteiger partial charge in [0, 0.05) is 42.8 Å². The van der Waals surface area contributed by atoms with E-state index in [0.717, 1.165) is 27.2 Å². The predicted molar refractivity (Wildman–Crippen MR) is 134 cm³/mol. The Morgan fingerprint density at radius 3 is 2.14 bits per heavy atom. The summed E-state index contributed by atoms with van der Waals surface area (Å²) in [6, 6.07) is 11.9. The van der Waals surface area contributed by atoms with E-state index < -0.39 is 0 Å². The van der Waals surface area contributed by atoms with Crippen LogP contribution in [0.2, 0.25) is 0 Å². The maximum Gasteiger partial charge on any atom is 0.253 e. The third-order valence-corrected chi connectivity index (χ3v) is 6.70. The fourth-order valence-electron chi connectivity index (χ4n) is 4.02. The first-order valence-electron chi connectivity index (χ1n) is 11.4. The van der Waals surface area contributed by atoms with Gasteiger partial charge in [0.15, 0.2) is 5.82 Å². The Morgan fingerprint density at radius 2 is 1.54 bits per heavy atom. The van der Waals surface area contributed by atoms with E-state index in [-0.39, 0.29) is 23.1 Å². The fraction of sp³-hybridized carbons (Fsp3) is 0.320. The summed E-state index contributed by atoms with van der Waals surface area (Å²) >= 11 is 1.48. The Balaban J connectivity index is 1.37. The number of halogens is 2. The van der Waals surface area contributed by atoms with Crippen molar-refractivity contribution in [1.82, 2.24) is 19.5 Å². The summed E-state index contributed by atoms with van der Waals surface area (Å²) in [6.07, 6.45) is 0. The van der Waals surface area contributed by atoms with Gasteiger partial charge in [-0.15, -0.1) is 5.10 Å². The van der Waals surface area contributed by atoms with Gasteiger partial charge in [0.2, 0.25) is 10.1 Å². The standard InChI is InChI=1S/C25H26F2N6OS/c1-25(2,3)29-21-20(16-4-8-18(26)9-5-16)28-23-33(21)30-24(35-23)32-14-12-31(13-15-32)22(34)17-6-10-19(27)11-7-17/h4-11,29H,12-15H2,1-3H3. The van der Waals surface area contributed by atoms with Crippen LogP contribution in [0.5, 0.6) is 0 Å². The molecule has 0 atom stereocenters. The van der Waals surface area contributed by atoms with E-state index in [1.54, 1.807) is 21.5 Å². The fourth-order valence-corrected chi connectivity index (χ4v) is 4.97. The largest absolute Gasteiger partial charge is 0.364 e. The molecule has 7 nitrogen and oxygen atoms in total. The molecule has 1 fully saturated rings. The molecule has 0 saturated carbocycles. The molecule has 5 rings (SSSR count).